The Hall–Kier alpha value is -5.86. The standard InChI is InChI=1S/C42H25NO/c1-2-10-26-23-38-35(21-25(26)9-1)29-19-17-28(24-37(29)43-38)42-33-14-5-3-12-31(33)41(32-13-4-6-15-34(32)42)27-18-20-40-36(22-27)30-11-7-8-16-39(30)44-40/h1-24,43H. The quantitative estimate of drug-likeness (QED) is 0.210. The summed E-state index contributed by atoms with van der Waals surface area (Å²) >= 11 is 0. The molecule has 204 valence electrons. The predicted molar refractivity (Wildman–Crippen MR) is 186 cm³/mol. The number of furan rings is 1. The van der Waals surface area contributed by atoms with Gasteiger partial charge in [0.2, 0.25) is 0 Å². The van der Waals surface area contributed by atoms with Crippen molar-refractivity contribution in [2.24, 2.45) is 0 Å². The van der Waals surface area contributed by atoms with E-state index in [-0.39, 0.29) is 0 Å². The van der Waals surface area contributed by atoms with Gasteiger partial charge in [-0.25, -0.2) is 0 Å². The molecule has 0 saturated carbocycles. The molecule has 0 saturated heterocycles. The highest BCUT2D eigenvalue weighted by Gasteiger charge is 2.18. The van der Waals surface area contributed by atoms with E-state index < -0.39 is 0 Å². The summed E-state index contributed by atoms with van der Waals surface area (Å²) in [6, 6.07) is 52.7. The molecule has 1 N–H and O–H groups in total. The molecule has 0 unspecified atom stereocenters. The zero-order chi connectivity index (χ0) is 28.8. The molecule has 10 aromatic rings. The molecule has 0 radical (unpaired) electrons. The highest BCUT2D eigenvalue weighted by molar-refractivity contribution is 6.23. The van der Waals surface area contributed by atoms with Gasteiger partial charge in [0.1, 0.15) is 11.2 Å². The summed E-state index contributed by atoms with van der Waals surface area (Å²) in [4.78, 5) is 3.73. The number of aromatic nitrogens is 1. The van der Waals surface area contributed by atoms with Crippen LogP contribution in [0.3, 0.4) is 0 Å². The molecule has 44 heavy (non-hydrogen) atoms. The minimum atomic E-state index is 0.916. The lowest BCUT2D eigenvalue weighted by Crippen LogP contribution is -1.90. The van der Waals surface area contributed by atoms with Crippen molar-refractivity contribution >= 4 is 76.1 Å². The number of H-pyrrole nitrogens is 1. The van der Waals surface area contributed by atoms with Crippen LogP contribution in [0.4, 0.5) is 0 Å². The van der Waals surface area contributed by atoms with Crippen molar-refractivity contribution in [3.63, 3.8) is 0 Å². The second-order valence-electron chi connectivity index (χ2n) is 11.8. The third-order valence-electron chi connectivity index (χ3n) is 9.35. The van der Waals surface area contributed by atoms with Gasteiger partial charge in [-0.05, 0) is 91.0 Å². The highest BCUT2D eigenvalue weighted by atomic mass is 16.3. The first-order valence-electron chi connectivity index (χ1n) is 15.1. The maximum atomic E-state index is 6.17. The topological polar surface area (TPSA) is 28.9 Å². The van der Waals surface area contributed by atoms with Crippen LogP contribution in [0.2, 0.25) is 0 Å². The first-order valence-corrected chi connectivity index (χ1v) is 15.1. The molecular formula is C42H25NO. The molecule has 2 aromatic heterocycles. The van der Waals surface area contributed by atoms with Crippen molar-refractivity contribution in [1.82, 2.24) is 4.98 Å². The SMILES string of the molecule is c1ccc2cc3c(cc2c1)[nH]c1cc(-c2c4ccccc4c(-c4ccc5oc6ccccc6c5c4)c4ccccc24)ccc13. The zero-order valence-electron chi connectivity index (χ0n) is 23.8. The van der Waals surface area contributed by atoms with E-state index in [2.05, 4.69) is 138 Å². The molecule has 8 aromatic carbocycles. The third kappa shape index (κ3) is 3.31. The summed E-state index contributed by atoms with van der Waals surface area (Å²) in [5.41, 5.74) is 9.09. The molecule has 0 spiro atoms. The van der Waals surface area contributed by atoms with E-state index >= 15 is 0 Å². The van der Waals surface area contributed by atoms with Crippen LogP contribution in [0.5, 0.6) is 0 Å². The Morgan fingerprint density at radius 1 is 0.341 bits per heavy atom. The maximum Gasteiger partial charge on any atom is 0.135 e. The first-order chi connectivity index (χ1) is 21.8. The second-order valence-corrected chi connectivity index (χ2v) is 11.8. The lowest BCUT2D eigenvalue weighted by molar-refractivity contribution is 0.669. The van der Waals surface area contributed by atoms with Gasteiger partial charge in [-0.15, -0.1) is 0 Å². The fourth-order valence-electron chi connectivity index (χ4n) is 7.38. The minimum absolute atomic E-state index is 0.916. The normalized spacial score (nSPS) is 12.1. The smallest absolute Gasteiger partial charge is 0.135 e. The third-order valence-corrected chi connectivity index (χ3v) is 9.35. The lowest BCUT2D eigenvalue weighted by atomic mass is 9.85. The Morgan fingerprint density at radius 3 is 1.57 bits per heavy atom. The van der Waals surface area contributed by atoms with E-state index in [1.165, 1.54) is 70.9 Å². The fraction of sp³-hybridized carbons (Fsp3) is 0. The molecule has 2 nitrogen and oxygen atoms in total. The Bertz CT molecular complexity index is 2720. The molecule has 2 heteroatoms. The van der Waals surface area contributed by atoms with Crippen LogP contribution in [0.15, 0.2) is 150 Å². The lowest BCUT2D eigenvalue weighted by Gasteiger charge is -2.18. The Balaban J connectivity index is 1.25. The molecule has 0 aliphatic rings. The Labute approximate surface area is 252 Å². The van der Waals surface area contributed by atoms with Crippen LogP contribution in [0.25, 0.3) is 98.3 Å². The van der Waals surface area contributed by atoms with Gasteiger partial charge in [0, 0.05) is 32.6 Å². The average molecular weight is 560 g/mol. The number of fused-ring (bicyclic) bond motifs is 9. The van der Waals surface area contributed by atoms with Crippen LogP contribution in [0, 0.1) is 0 Å². The van der Waals surface area contributed by atoms with E-state index in [1.807, 2.05) is 12.1 Å². The number of nitrogens with one attached hydrogen (secondary N) is 1. The van der Waals surface area contributed by atoms with Crippen LogP contribution >= 0.6 is 0 Å². The van der Waals surface area contributed by atoms with Gasteiger partial charge in [-0.2, -0.15) is 0 Å². The second kappa shape index (κ2) is 8.82. The molecule has 0 bridgehead atoms. The van der Waals surface area contributed by atoms with Crippen molar-refractivity contribution in [1.29, 1.82) is 0 Å². The minimum Gasteiger partial charge on any atom is -0.456 e. The maximum absolute atomic E-state index is 6.17. The molecule has 0 aliphatic heterocycles. The summed E-state index contributed by atoms with van der Waals surface area (Å²) in [5.74, 6) is 0. The van der Waals surface area contributed by atoms with E-state index in [9.17, 15) is 0 Å². The molecular weight excluding hydrogens is 534 g/mol. The van der Waals surface area contributed by atoms with Crippen molar-refractivity contribution in [3.8, 4) is 22.3 Å². The van der Waals surface area contributed by atoms with Crippen molar-refractivity contribution in [3.05, 3.63) is 146 Å². The van der Waals surface area contributed by atoms with E-state index in [4.69, 9.17) is 4.42 Å². The van der Waals surface area contributed by atoms with Gasteiger partial charge in [-0.3, -0.25) is 0 Å². The van der Waals surface area contributed by atoms with E-state index in [0.29, 0.717) is 0 Å². The van der Waals surface area contributed by atoms with Gasteiger partial charge in [0.05, 0.1) is 0 Å². The number of benzene rings is 8. The zero-order valence-corrected chi connectivity index (χ0v) is 23.8. The molecule has 2 heterocycles. The molecule has 0 amide bonds. The number of para-hydroxylation sites is 1. The highest BCUT2D eigenvalue weighted by Crippen LogP contribution is 2.45. The molecule has 10 rings (SSSR count). The number of hydrogen-bond acceptors (Lipinski definition) is 1. The van der Waals surface area contributed by atoms with Gasteiger partial charge in [0.25, 0.3) is 0 Å². The van der Waals surface area contributed by atoms with Gasteiger partial charge >= 0.3 is 0 Å². The van der Waals surface area contributed by atoms with Crippen molar-refractivity contribution < 1.29 is 4.42 Å². The Kier molecular flexibility index (Phi) is 4.75. The van der Waals surface area contributed by atoms with Crippen LogP contribution in [0.1, 0.15) is 0 Å². The molecule has 0 atom stereocenters. The molecule has 0 aliphatic carbocycles. The van der Waals surface area contributed by atoms with Gasteiger partial charge < -0.3 is 9.40 Å². The number of hydrogen-bond donors (Lipinski definition) is 1. The van der Waals surface area contributed by atoms with Crippen molar-refractivity contribution in [2.75, 3.05) is 0 Å². The van der Waals surface area contributed by atoms with Crippen LogP contribution in [-0.4, -0.2) is 4.98 Å². The monoisotopic (exact) mass is 559 g/mol. The fourth-order valence-corrected chi connectivity index (χ4v) is 7.38. The van der Waals surface area contributed by atoms with Crippen molar-refractivity contribution in [2.45, 2.75) is 0 Å². The largest absolute Gasteiger partial charge is 0.456 e. The van der Waals surface area contributed by atoms with Gasteiger partial charge in [-0.1, -0.05) is 109 Å². The van der Waals surface area contributed by atoms with E-state index in [0.717, 1.165) is 27.5 Å². The average Bonchev–Trinajstić information content (AvgIpc) is 3.62. The van der Waals surface area contributed by atoms with Gasteiger partial charge in [0.15, 0.2) is 0 Å². The summed E-state index contributed by atoms with van der Waals surface area (Å²) in [6.45, 7) is 0. The summed E-state index contributed by atoms with van der Waals surface area (Å²) in [6.07, 6.45) is 0. The summed E-state index contributed by atoms with van der Waals surface area (Å²) in [7, 11) is 0. The number of rotatable bonds is 2. The predicted octanol–water partition coefficient (Wildman–Crippen LogP) is 12.0. The van der Waals surface area contributed by atoms with Crippen LogP contribution in [-0.2, 0) is 0 Å². The first kappa shape index (κ1) is 23.7. The summed E-state index contributed by atoms with van der Waals surface area (Å²) in [5, 5.41) is 12.3. The summed E-state index contributed by atoms with van der Waals surface area (Å²) < 4.78 is 6.17. The van der Waals surface area contributed by atoms with E-state index in [1.54, 1.807) is 0 Å². The number of aromatic amines is 1. The molecule has 0 fully saturated rings. The van der Waals surface area contributed by atoms with Crippen LogP contribution < -0.4 is 0 Å². The Morgan fingerprint density at radius 2 is 0.864 bits per heavy atom.